The number of rotatable bonds is 7. The summed E-state index contributed by atoms with van der Waals surface area (Å²) in [5.41, 5.74) is 1.26. The van der Waals surface area contributed by atoms with Crippen LogP contribution >= 0.6 is 0 Å². The first kappa shape index (κ1) is 16.1. The second-order valence-corrected chi connectivity index (χ2v) is 4.51. The van der Waals surface area contributed by atoms with Crippen LogP contribution in [0.3, 0.4) is 0 Å². The molecule has 1 aromatic rings. The maximum absolute atomic E-state index is 10.6. The van der Waals surface area contributed by atoms with E-state index in [1.807, 2.05) is 6.92 Å². The summed E-state index contributed by atoms with van der Waals surface area (Å²) in [6.45, 7) is 9.47. The predicted octanol–water partition coefficient (Wildman–Crippen LogP) is 3.02. The fourth-order valence-corrected chi connectivity index (χ4v) is 1.91. The molecule has 1 aromatic carbocycles. The zero-order chi connectivity index (χ0) is 15.3. The van der Waals surface area contributed by atoms with Crippen molar-refractivity contribution in [3.8, 4) is 0 Å². The van der Waals surface area contributed by atoms with E-state index in [-0.39, 0.29) is 17.7 Å². The predicted molar refractivity (Wildman–Crippen MR) is 77.4 cm³/mol. The summed E-state index contributed by atoms with van der Waals surface area (Å²) in [5, 5.41) is 21.0. The summed E-state index contributed by atoms with van der Waals surface area (Å²) >= 11 is 0. The van der Waals surface area contributed by atoms with E-state index in [9.17, 15) is 15.2 Å². The maximum atomic E-state index is 10.6. The van der Waals surface area contributed by atoms with Crippen molar-refractivity contribution in [1.29, 1.82) is 0 Å². The standard InChI is InChI=1S/C15H19NO4/c1-5-14(10(2)11(3)20-4)15(17)12-6-8-13(9-7-12)16(18)19/h5-9,11,14-15,17H,1-2H2,3-4H3/t11-,14-,15-/m1/s1. The Bertz CT molecular complexity index is 495. The molecule has 108 valence electrons. The van der Waals surface area contributed by atoms with E-state index in [4.69, 9.17) is 4.74 Å². The van der Waals surface area contributed by atoms with Gasteiger partial charge in [-0.15, -0.1) is 6.58 Å². The number of nitro groups is 1. The normalized spacial score (nSPS) is 15.2. The highest BCUT2D eigenvalue weighted by molar-refractivity contribution is 5.35. The molecule has 0 amide bonds. The molecule has 0 heterocycles. The van der Waals surface area contributed by atoms with Gasteiger partial charge in [0.15, 0.2) is 0 Å². The lowest BCUT2D eigenvalue weighted by molar-refractivity contribution is -0.384. The number of benzene rings is 1. The first-order chi connectivity index (χ1) is 9.42. The van der Waals surface area contributed by atoms with Gasteiger partial charge in [0.05, 0.1) is 17.1 Å². The molecule has 0 spiro atoms. The topological polar surface area (TPSA) is 72.6 Å². The van der Waals surface area contributed by atoms with Crippen LogP contribution in [0.5, 0.6) is 0 Å². The van der Waals surface area contributed by atoms with Crippen LogP contribution in [0.4, 0.5) is 5.69 Å². The van der Waals surface area contributed by atoms with Crippen molar-refractivity contribution in [2.75, 3.05) is 7.11 Å². The molecule has 0 bridgehead atoms. The highest BCUT2D eigenvalue weighted by atomic mass is 16.6. The van der Waals surface area contributed by atoms with Gasteiger partial charge in [-0.2, -0.15) is 0 Å². The van der Waals surface area contributed by atoms with Crippen LogP contribution in [0, 0.1) is 16.0 Å². The summed E-state index contributed by atoms with van der Waals surface area (Å²) in [4.78, 5) is 10.1. The maximum Gasteiger partial charge on any atom is 0.269 e. The van der Waals surface area contributed by atoms with Crippen molar-refractivity contribution >= 4 is 5.69 Å². The SMILES string of the molecule is C=C[C@H](C(=C)[C@@H](C)OC)[C@H](O)c1ccc([N+](=O)[O-])cc1. The molecule has 20 heavy (non-hydrogen) atoms. The van der Waals surface area contributed by atoms with Crippen molar-refractivity contribution in [2.24, 2.45) is 5.92 Å². The van der Waals surface area contributed by atoms with Crippen molar-refractivity contribution in [3.63, 3.8) is 0 Å². The van der Waals surface area contributed by atoms with Crippen molar-refractivity contribution in [1.82, 2.24) is 0 Å². The number of methoxy groups -OCH3 is 1. The number of ether oxygens (including phenoxy) is 1. The van der Waals surface area contributed by atoms with Gasteiger partial charge < -0.3 is 9.84 Å². The summed E-state index contributed by atoms with van der Waals surface area (Å²) in [6, 6.07) is 5.79. The molecule has 0 unspecified atom stereocenters. The number of nitro benzene ring substituents is 1. The molecule has 0 fully saturated rings. The first-order valence-corrected chi connectivity index (χ1v) is 6.18. The molecule has 0 aliphatic rings. The second kappa shape index (κ2) is 6.98. The number of hydrogen-bond acceptors (Lipinski definition) is 4. The molecule has 0 radical (unpaired) electrons. The van der Waals surface area contributed by atoms with Gasteiger partial charge in [-0.25, -0.2) is 0 Å². The van der Waals surface area contributed by atoms with Crippen LogP contribution in [0.1, 0.15) is 18.6 Å². The van der Waals surface area contributed by atoms with Crippen molar-refractivity contribution in [2.45, 2.75) is 19.1 Å². The lowest BCUT2D eigenvalue weighted by Gasteiger charge is -2.25. The molecule has 5 nitrogen and oxygen atoms in total. The van der Waals surface area contributed by atoms with Gasteiger partial charge in [-0.05, 0) is 30.2 Å². The summed E-state index contributed by atoms with van der Waals surface area (Å²) in [6.07, 6.45) is 0.522. The Kier molecular flexibility index (Phi) is 5.61. The Labute approximate surface area is 118 Å². The molecule has 0 saturated carbocycles. The van der Waals surface area contributed by atoms with Crippen molar-refractivity contribution < 1.29 is 14.8 Å². The first-order valence-electron chi connectivity index (χ1n) is 6.18. The number of aliphatic hydroxyl groups excluding tert-OH is 1. The Hall–Kier alpha value is -1.98. The average Bonchev–Trinajstić information content (AvgIpc) is 2.46. The second-order valence-electron chi connectivity index (χ2n) is 4.51. The molecule has 0 aliphatic carbocycles. The fraction of sp³-hybridized carbons (Fsp3) is 0.333. The van der Waals surface area contributed by atoms with Crippen LogP contribution in [0.25, 0.3) is 0 Å². The van der Waals surface area contributed by atoms with Crippen molar-refractivity contribution in [3.05, 3.63) is 64.8 Å². The third-order valence-corrected chi connectivity index (χ3v) is 3.34. The third-order valence-electron chi connectivity index (χ3n) is 3.34. The minimum Gasteiger partial charge on any atom is -0.387 e. The number of non-ortho nitro benzene ring substituents is 1. The largest absolute Gasteiger partial charge is 0.387 e. The van der Waals surface area contributed by atoms with Gasteiger partial charge >= 0.3 is 0 Å². The molecule has 1 N–H and O–H groups in total. The van der Waals surface area contributed by atoms with E-state index in [0.29, 0.717) is 11.1 Å². The number of hydrogen-bond donors (Lipinski definition) is 1. The molecular weight excluding hydrogens is 258 g/mol. The minimum atomic E-state index is -0.863. The van der Waals surface area contributed by atoms with E-state index >= 15 is 0 Å². The molecule has 0 aliphatic heterocycles. The Balaban J connectivity index is 2.96. The van der Waals surface area contributed by atoms with Crippen LogP contribution in [-0.4, -0.2) is 23.2 Å². The van der Waals surface area contributed by atoms with E-state index in [0.717, 1.165) is 0 Å². The zero-order valence-electron chi connectivity index (χ0n) is 11.7. The Morgan fingerprint density at radius 2 is 2.00 bits per heavy atom. The summed E-state index contributed by atoms with van der Waals surface area (Å²) < 4.78 is 5.18. The lowest BCUT2D eigenvalue weighted by Crippen LogP contribution is -2.20. The monoisotopic (exact) mass is 277 g/mol. The van der Waals surface area contributed by atoms with Gasteiger partial charge in [0.2, 0.25) is 0 Å². The number of nitrogens with zero attached hydrogens (tertiary/aromatic N) is 1. The van der Waals surface area contributed by atoms with E-state index in [1.54, 1.807) is 13.2 Å². The smallest absolute Gasteiger partial charge is 0.269 e. The van der Waals surface area contributed by atoms with Gasteiger partial charge in [-0.3, -0.25) is 10.1 Å². The van der Waals surface area contributed by atoms with E-state index in [1.165, 1.54) is 24.3 Å². The van der Waals surface area contributed by atoms with Gasteiger partial charge in [0.1, 0.15) is 0 Å². The number of aliphatic hydroxyl groups is 1. The Morgan fingerprint density at radius 1 is 1.45 bits per heavy atom. The van der Waals surface area contributed by atoms with Crippen LogP contribution < -0.4 is 0 Å². The van der Waals surface area contributed by atoms with E-state index < -0.39 is 11.0 Å². The molecule has 1 rings (SSSR count). The summed E-state index contributed by atoms with van der Waals surface area (Å²) in [7, 11) is 1.56. The molecule has 3 atom stereocenters. The summed E-state index contributed by atoms with van der Waals surface area (Å²) in [5.74, 6) is -0.383. The molecular formula is C15H19NO4. The van der Waals surface area contributed by atoms with Crippen LogP contribution in [0.15, 0.2) is 49.1 Å². The van der Waals surface area contributed by atoms with Gasteiger partial charge in [-0.1, -0.05) is 12.7 Å². The molecule has 5 heteroatoms. The minimum absolute atomic E-state index is 0.0137. The third kappa shape index (κ3) is 3.53. The highest BCUT2D eigenvalue weighted by Crippen LogP contribution is 2.31. The molecule has 0 saturated heterocycles. The highest BCUT2D eigenvalue weighted by Gasteiger charge is 2.24. The Morgan fingerprint density at radius 3 is 2.40 bits per heavy atom. The van der Waals surface area contributed by atoms with E-state index in [2.05, 4.69) is 13.2 Å². The fourth-order valence-electron chi connectivity index (χ4n) is 1.91. The molecule has 0 aromatic heterocycles. The van der Waals surface area contributed by atoms with Crippen LogP contribution in [0.2, 0.25) is 0 Å². The quantitative estimate of drug-likeness (QED) is 0.472. The zero-order valence-corrected chi connectivity index (χ0v) is 11.7. The van der Waals surface area contributed by atoms with Gasteiger partial charge in [0.25, 0.3) is 5.69 Å². The van der Waals surface area contributed by atoms with Gasteiger partial charge in [0, 0.05) is 25.2 Å². The average molecular weight is 277 g/mol. The van der Waals surface area contributed by atoms with Crippen LogP contribution in [-0.2, 0) is 4.74 Å². The lowest BCUT2D eigenvalue weighted by atomic mass is 9.87.